The van der Waals surface area contributed by atoms with Crippen molar-refractivity contribution in [2.24, 2.45) is 0 Å². The second-order valence-electron chi connectivity index (χ2n) is 10.5. The molecule has 0 aliphatic rings. The molecule has 1 heterocycles. The summed E-state index contributed by atoms with van der Waals surface area (Å²) in [6.45, 7) is 0. The predicted molar refractivity (Wildman–Crippen MR) is 188 cm³/mol. The summed E-state index contributed by atoms with van der Waals surface area (Å²) >= 11 is 1.36. The average molecular weight is 632 g/mol. The molecule has 5 rings (SSSR count). The van der Waals surface area contributed by atoms with Crippen LogP contribution in [0.1, 0.15) is 10.4 Å². The second kappa shape index (κ2) is 14.6. The molecule has 0 saturated heterocycles. The highest BCUT2D eigenvalue weighted by Gasteiger charge is 2.26. The summed E-state index contributed by atoms with van der Waals surface area (Å²) in [7, 11) is 4.99. The van der Waals surface area contributed by atoms with E-state index in [9.17, 15) is 20.6 Å². The number of para-hydroxylation sites is 2. The van der Waals surface area contributed by atoms with Crippen molar-refractivity contribution in [2.75, 3.05) is 31.0 Å². The average Bonchev–Trinajstić information content (AvgIpc) is 3.61. The van der Waals surface area contributed by atoms with Crippen LogP contribution in [0.25, 0.3) is 21.6 Å². The van der Waals surface area contributed by atoms with Gasteiger partial charge in [0.25, 0.3) is 0 Å². The molecule has 0 N–H and O–H groups in total. The molecule has 5 aromatic rings. The fraction of sp³-hybridized carbons (Fsp3) is 0.0769. The zero-order valence-corrected chi connectivity index (χ0v) is 26.8. The maximum absolute atomic E-state index is 12.9. The number of allylic oxidation sites excluding steroid dienone is 3. The Labute approximate surface area is 278 Å². The normalized spacial score (nSPS) is 10.8. The van der Waals surface area contributed by atoms with Gasteiger partial charge >= 0.3 is 5.97 Å². The van der Waals surface area contributed by atoms with Gasteiger partial charge in [0.1, 0.15) is 29.4 Å². The molecule has 0 unspecified atom stereocenters. The number of ether oxygens (including phenoxy) is 1. The Morgan fingerprint density at radius 3 is 1.66 bits per heavy atom. The molecule has 0 aliphatic heterocycles. The Hall–Kier alpha value is -6.40. The van der Waals surface area contributed by atoms with Gasteiger partial charge in [-0.25, -0.2) is 4.79 Å². The van der Waals surface area contributed by atoms with E-state index in [4.69, 9.17) is 4.74 Å². The van der Waals surface area contributed by atoms with Gasteiger partial charge in [-0.2, -0.15) is 15.8 Å². The molecule has 0 spiro atoms. The Morgan fingerprint density at radius 2 is 1.17 bits per heavy atom. The molecule has 0 amide bonds. The molecule has 7 nitrogen and oxygen atoms in total. The van der Waals surface area contributed by atoms with E-state index in [1.807, 2.05) is 116 Å². The molecule has 0 bridgehead atoms. The number of hydrogen-bond acceptors (Lipinski definition) is 8. The number of hydrogen-bond donors (Lipinski definition) is 0. The number of thiophene rings is 1. The number of rotatable bonds is 9. The molecule has 0 saturated carbocycles. The molecule has 228 valence electrons. The molecule has 0 aliphatic carbocycles. The van der Waals surface area contributed by atoms with E-state index in [0.717, 1.165) is 33.2 Å². The first-order valence-corrected chi connectivity index (χ1v) is 15.4. The summed E-state index contributed by atoms with van der Waals surface area (Å²) in [6, 6.07) is 45.2. The molecule has 0 fully saturated rings. The standard InChI is InChI=1S/C39H29N5O2S/c1-43(2)30-18-16-28(17-19-30)37(34(26-42)39(45)46-3)38(29(24-40)25-41)36-23-22-35(47-36)27-14-20-33(21-15-27)44(31-10-6-4-7-11-31)32-12-8-5-9-13-32/h4-23H,1-3H3/b37-34+. The first-order chi connectivity index (χ1) is 22.9. The third-order valence-corrected chi connectivity index (χ3v) is 8.59. The molecule has 4 aromatic carbocycles. The van der Waals surface area contributed by atoms with Gasteiger partial charge in [0.2, 0.25) is 0 Å². The van der Waals surface area contributed by atoms with Gasteiger partial charge in [0, 0.05) is 57.7 Å². The fourth-order valence-electron chi connectivity index (χ4n) is 5.16. The Bertz CT molecular complexity index is 2020. The van der Waals surface area contributed by atoms with Crippen LogP contribution >= 0.6 is 11.3 Å². The minimum atomic E-state index is -0.860. The van der Waals surface area contributed by atoms with Crippen LogP contribution in [0, 0.1) is 34.0 Å². The Balaban J connectivity index is 1.61. The van der Waals surface area contributed by atoms with Crippen LogP contribution in [0.15, 0.2) is 132 Å². The highest BCUT2D eigenvalue weighted by molar-refractivity contribution is 7.16. The topological polar surface area (TPSA) is 104 Å². The summed E-state index contributed by atoms with van der Waals surface area (Å²) < 4.78 is 4.95. The minimum absolute atomic E-state index is 0.160. The van der Waals surface area contributed by atoms with E-state index >= 15 is 0 Å². The van der Waals surface area contributed by atoms with E-state index in [-0.39, 0.29) is 22.3 Å². The van der Waals surface area contributed by atoms with E-state index in [0.29, 0.717) is 10.4 Å². The van der Waals surface area contributed by atoms with Gasteiger partial charge < -0.3 is 14.5 Å². The van der Waals surface area contributed by atoms with E-state index in [2.05, 4.69) is 29.2 Å². The number of anilines is 4. The van der Waals surface area contributed by atoms with Gasteiger partial charge in [0.05, 0.1) is 7.11 Å². The number of carbonyl (C=O) groups is 1. The van der Waals surface area contributed by atoms with Crippen molar-refractivity contribution in [2.45, 2.75) is 0 Å². The van der Waals surface area contributed by atoms with Crippen LogP contribution < -0.4 is 9.80 Å². The first kappa shape index (κ1) is 32.0. The van der Waals surface area contributed by atoms with Crippen LogP contribution in [-0.4, -0.2) is 27.2 Å². The lowest BCUT2D eigenvalue weighted by molar-refractivity contribution is -0.135. The molecule has 0 radical (unpaired) electrons. The highest BCUT2D eigenvalue weighted by Crippen LogP contribution is 2.43. The lowest BCUT2D eigenvalue weighted by atomic mass is 9.89. The van der Waals surface area contributed by atoms with Crippen molar-refractivity contribution in [3.05, 3.63) is 143 Å². The lowest BCUT2D eigenvalue weighted by Crippen LogP contribution is -2.10. The van der Waals surface area contributed by atoms with Gasteiger partial charge in [-0.05, 0) is 71.8 Å². The summed E-state index contributed by atoms with van der Waals surface area (Å²) in [4.78, 5) is 18.4. The predicted octanol–water partition coefficient (Wildman–Crippen LogP) is 8.90. The van der Waals surface area contributed by atoms with Crippen LogP contribution in [0.5, 0.6) is 0 Å². The molecule has 8 heteroatoms. The van der Waals surface area contributed by atoms with Crippen molar-refractivity contribution < 1.29 is 9.53 Å². The van der Waals surface area contributed by atoms with E-state index in [1.54, 1.807) is 18.2 Å². The maximum Gasteiger partial charge on any atom is 0.349 e. The van der Waals surface area contributed by atoms with Gasteiger partial charge in [-0.1, -0.05) is 60.7 Å². The van der Waals surface area contributed by atoms with Crippen LogP contribution in [0.3, 0.4) is 0 Å². The van der Waals surface area contributed by atoms with Crippen molar-refractivity contribution >= 4 is 51.2 Å². The van der Waals surface area contributed by atoms with Crippen LogP contribution in [0.4, 0.5) is 22.7 Å². The molecular formula is C39H29N5O2S. The molecule has 47 heavy (non-hydrogen) atoms. The number of nitriles is 3. The van der Waals surface area contributed by atoms with Crippen LogP contribution in [-0.2, 0) is 9.53 Å². The zero-order valence-electron chi connectivity index (χ0n) is 26.0. The maximum atomic E-state index is 12.9. The van der Waals surface area contributed by atoms with Gasteiger partial charge in [0.15, 0.2) is 0 Å². The SMILES string of the molecule is COC(=O)/C(C#N)=C(/C(=C(C#N)C#N)c1ccc(-c2ccc(N(c3ccccc3)c3ccccc3)cc2)s1)c1ccc(N(C)C)cc1. The molecule has 0 atom stereocenters. The number of nitrogens with zero attached hydrogens (tertiary/aromatic N) is 5. The summed E-state index contributed by atoms with van der Waals surface area (Å²) in [6.07, 6.45) is 0. The fourth-order valence-corrected chi connectivity index (χ4v) is 6.23. The third-order valence-electron chi connectivity index (χ3n) is 7.44. The zero-order chi connectivity index (χ0) is 33.3. The van der Waals surface area contributed by atoms with Gasteiger partial charge in [-0.15, -0.1) is 11.3 Å². The highest BCUT2D eigenvalue weighted by atomic mass is 32.1. The Morgan fingerprint density at radius 1 is 0.638 bits per heavy atom. The van der Waals surface area contributed by atoms with Crippen molar-refractivity contribution in [1.29, 1.82) is 15.8 Å². The molecule has 1 aromatic heterocycles. The van der Waals surface area contributed by atoms with Crippen molar-refractivity contribution in [3.8, 4) is 28.6 Å². The quantitative estimate of drug-likeness (QED) is 0.0692. The van der Waals surface area contributed by atoms with E-state index < -0.39 is 5.97 Å². The minimum Gasteiger partial charge on any atom is -0.465 e. The number of methoxy groups -OCH3 is 1. The largest absolute Gasteiger partial charge is 0.465 e. The monoisotopic (exact) mass is 631 g/mol. The Kier molecular flexibility index (Phi) is 9.93. The number of benzene rings is 4. The number of esters is 1. The lowest BCUT2D eigenvalue weighted by Gasteiger charge is -2.25. The number of carbonyl (C=O) groups excluding carboxylic acids is 1. The first-order valence-electron chi connectivity index (χ1n) is 14.6. The van der Waals surface area contributed by atoms with E-state index in [1.165, 1.54) is 18.4 Å². The second-order valence-corrected chi connectivity index (χ2v) is 11.6. The smallest absolute Gasteiger partial charge is 0.349 e. The van der Waals surface area contributed by atoms with Crippen molar-refractivity contribution in [1.82, 2.24) is 0 Å². The summed E-state index contributed by atoms with van der Waals surface area (Å²) in [5.74, 6) is -0.860. The van der Waals surface area contributed by atoms with Crippen molar-refractivity contribution in [3.63, 3.8) is 0 Å². The van der Waals surface area contributed by atoms with Gasteiger partial charge in [-0.3, -0.25) is 0 Å². The summed E-state index contributed by atoms with van der Waals surface area (Å²) in [5, 5.41) is 30.3. The summed E-state index contributed by atoms with van der Waals surface area (Å²) in [5.41, 5.74) is 5.18. The van der Waals surface area contributed by atoms with Crippen LogP contribution in [0.2, 0.25) is 0 Å². The molecular weight excluding hydrogens is 603 g/mol. The third kappa shape index (κ3) is 6.82.